The van der Waals surface area contributed by atoms with Crippen molar-refractivity contribution in [3.63, 3.8) is 0 Å². The van der Waals surface area contributed by atoms with Crippen LogP contribution in [0.2, 0.25) is 0 Å². The summed E-state index contributed by atoms with van der Waals surface area (Å²) >= 11 is 0. The van der Waals surface area contributed by atoms with E-state index in [4.69, 9.17) is 19.7 Å². The monoisotopic (exact) mass is 321 g/mol. The molecule has 0 unspecified atom stereocenters. The number of carbonyl (C=O) groups is 2. The Balaban J connectivity index is 2.48. The number of ether oxygens (including phenoxy) is 2. The molecule has 1 aromatic carbocycles. The SMILES string of the molecule is CCCOc1cc(/C=C/C(=O)O)cc2c1OCC(=O)N2CCO. The van der Waals surface area contributed by atoms with Gasteiger partial charge in [0.05, 0.1) is 18.9 Å². The number of aliphatic hydroxyl groups is 1. The molecule has 0 fully saturated rings. The summed E-state index contributed by atoms with van der Waals surface area (Å²) in [5.74, 6) is -0.463. The van der Waals surface area contributed by atoms with E-state index in [1.54, 1.807) is 12.1 Å². The maximum atomic E-state index is 12.0. The van der Waals surface area contributed by atoms with Gasteiger partial charge in [-0.2, -0.15) is 0 Å². The van der Waals surface area contributed by atoms with Gasteiger partial charge in [-0.15, -0.1) is 0 Å². The Hall–Kier alpha value is -2.54. The van der Waals surface area contributed by atoms with Crippen LogP contribution in [0.15, 0.2) is 18.2 Å². The Bertz CT molecular complexity index is 625. The number of rotatable bonds is 7. The molecule has 1 amide bonds. The summed E-state index contributed by atoms with van der Waals surface area (Å²) in [5.41, 5.74) is 1.03. The summed E-state index contributed by atoms with van der Waals surface area (Å²) in [4.78, 5) is 24.1. The molecule has 1 heterocycles. The predicted molar refractivity (Wildman–Crippen MR) is 83.8 cm³/mol. The second-order valence-electron chi connectivity index (χ2n) is 4.94. The molecule has 7 heteroatoms. The van der Waals surface area contributed by atoms with Crippen LogP contribution in [0, 0.1) is 0 Å². The van der Waals surface area contributed by atoms with Crippen LogP contribution in [0.25, 0.3) is 6.08 Å². The summed E-state index contributed by atoms with van der Waals surface area (Å²) in [6, 6.07) is 3.31. The second-order valence-corrected chi connectivity index (χ2v) is 4.94. The molecule has 1 aliphatic heterocycles. The highest BCUT2D eigenvalue weighted by molar-refractivity contribution is 5.99. The first kappa shape index (κ1) is 16.8. The summed E-state index contributed by atoms with van der Waals surface area (Å²) < 4.78 is 11.1. The highest BCUT2D eigenvalue weighted by Gasteiger charge is 2.28. The van der Waals surface area contributed by atoms with Crippen molar-refractivity contribution in [1.29, 1.82) is 0 Å². The largest absolute Gasteiger partial charge is 0.490 e. The fraction of sp³-hybridized carbons (Fsp3) is 0.375. The number of fused-ring (bicyclic) bond motifs is 1. The van der Waals surface area contributed by atoms with E-state index >= 15 is 0 Å². The molecule has 124 valence electrons. The van der Waals surface area contributed by atoms with Gasteiger partial charge in [0, 0.05) is 12.6 Å². The van der Waals surface area contributed by atoms with E-state index in [1.807, 2.05) is 6.92 Å². The topological polar surface area (TPSA) is 96.3 Å². The van der Waals surface area contributed by atoms with Crippen LogP contribution in [-0.4, -0.2) is 48.5 Å². The minimum Gasteiger partial charge on any atom is -0.490 e. The molecule has 0 aliphatic carbocycles. The standard InChI is InChI=1S/C16H19NO6/c1-2-7-22-13-9-11(3-4-15(20)21)8-12-16(13)23-10-14(19)17(12)5-6-18/h3-4,8-9,18H,2,5-7,10H2,1H3,(H,20,21)/b4-3+. The normalized spacial score (nSPS) is 13.8. The number of hydrogen-bond acceptors (Lipinski definition) is 5. The zero-order valence-corrected chi connectivity index (χ0v) is 12.8. The Morgan fingerprint density at radius 2 is 2.26 bits per heavy atom. The Morgan fingerprint density at radius 1 is 1.48 bits per heavy atom. The molecule has 0 saturated heterocycles. The van der Waals surface area contributed by atoms with Crippen molar-refractivity contribution in [3.05, 3.63) is 23.8 Å². The lowest BCUT2D eigenvalue weighted by molar-refractivity contribution is -0.131. The molecule has 0 spiro atoms. The fourth-order valence-corrected chi connectivity index (χ4v) is 2.23. The van der Waals surface area contributed by atoms with Gasteiger partial charge in [0.15, 0.2) is 18.1 Å². The maximum Gasteiger partial charge on any atom is 0.328 e. The van der Waals surface area contributed by atoms with Gasteiger partial charge < -0.3 is 24.6 Å². The number of anilines is 1. The van der Waals surface area contributed by atoms with Crippen LogP contribution in [0.1, 0.15) is 18.9 Å². The van der Waals surface area contributed by atoms with Crippen molar-refractivity contribution in [2.45, 2.75) is 13.3 Å². The van der Waals surface area contributed by atoms with Crippen LogP contribution in [-0.2, 0) is 9.59 Å². The number of benzene rings is 1. The number of hydrogen-bond donors (Lipinski definition) is 2. The summed E-state index contributed by atoms with van der Waals surface area (Å²) in [6.07, 6.45) is 3.22. The zero-order valence-electron chi connectivity index (χ0n) is 12.8. The van der Waals surface area contributed by atoms with E-state index in [2.05, 4.69) is 0 Å². The molecule has 0 atom stereocenters. The molecule has 0 bridgehead atoms. The number of aliphatic hydroxyl groups excluding tert-OH is 1. The number of carbonyl (C=O) groups excluding carboxylic acids is 1. The summed E-state index contributed by atoms with van der Waals surface area (Å²) in [5, 5.41) is 17.9. The number of aliphatic carboxylic acids is 1. The lowest BCUT2D eigenvalue weighted by Gasteiger charge is -2.30. The van der Waals surface area contributed by atoms with Gasteiger partial charge in [-0.1, -0.05) is 6.92 Å². The molecule has 1 aliphatic rings. The predicted octanol–water partition coefficient (Wildman–Crippen LogP) is 1.29. The number of amides is 1. The van der Waals surface area contributed by atoms with Gasteiger partial charge in [-0.3, -0.25) is 4.79 Å². The maximum absolute atomic E-state index is 12.0. The molecule has 2 rings (SSSR count). The number of carboxylic acids is 1. The number of nitrogens with zero attached hydrogens (tertiary/aromatic N) is 1. The van der Waals surface area contributed by atoms with Gasteiger partial charge in [-0.05, 0) is 30.2 Å². The summed E-state index contributed by atoms with van der Waals surface area (Å²) in [6.45, 7) is 2.25. The van der Waals surface area contributed by atoms with E-state index in [0.29, 0.717) is 29.4 Å². The minimum absolute atomic E-state index is 0.125. The number of carboxylic acid groups (broad SMARTS) is 1. The average molecular weight is 321 g/mol. The molecular weight excluding hydrogens is 302 g/mol. The molecule has 23 heavy (non-hydrogen) atoms. The average Bonchev–Trinajstić information content (AvgIpc) is 2.53. The lowest BCUT2D eigenvalue weighted by atomic mass is 10.1. The first-order valence-corrected chi connectivity index (χ1v) is 7.32. The van der Waals surface area contributed by atoms with Crippen molar-refractivity contribution < 1.29 is 29.3 Å². The smallest absolute Gasteiger partial charge is 0.328 e. The van der Waals surface area contributed by atoms with Gasteiger partial charge >= 0.3 is 5.97 Å². The van der Waals surface area contributed by atoms with Gasteiger partial charge in [0.1, 0.15) is 0 Å². The fourth-order valence-electron chi connectivity index (χ4n) is 2.23. The van der Waals surface area contributed by atoms with Crippen molar-refractivity contribution in [1.82, 2.24) is 0 Å². The van der Waals surface area contributed by atoms with Crippen LogP contribution < -0.4 is 14.4 Å². The van der Waals surface area contributed by atoms with Crippen LogP contribution in [0.3, 0.4) is 0 Å². The van der Waals surface area contributed by atoms with Crippen molar-refractivity contribution in [2.75, 3.05) is 31.3 Å². The van der Waals surface area contributed by atoms with E-state index in [9.17, 15) is 9.59 Å². The highest BCUT2D eigenvalue weighted by atomic mass is 16.5. The van der Waals surface area contributed by atoms with Crippen LogP contribution >= 0.6 is 0 Å². The molecule has 1 aromatic rings. The Labute approximate surface area is 133 Å². The van der Waals surface area contributed by atoms with Crippen LogP contribution in [0.4, 0.5) is 5.69 Å². The van der Waals surface area contributed by atoms with Gasteiger partial charge in [0.25, 0.3) is 5.91 Å². The van der Waals surface area contributed by atoms with E-state index in [1.165, 1.54) is 11.0 Å². The first-order chi connectivity index (χ1) is 11.1. The Morgan fingerprint density at radius 3 is 2.91 bits per heavy atom. The van der Waals surface area contributed by atoms with E-state index in [-0.39, 0.29) is 25.7 Å². The van der Waals surface area contributed by atoms with E-state index in [0.717, 1.165) is 12.5 Å². The van der Waals surface area contributed by atoms with Crippen molar-refractivity contribution in [2.24, 2.45) is 0 Å². The van der Waals surface area contributed by atoms with Crippen molar-refractivity contribution in [3.8, 4) is 11.5 Å². The van der Waals surface area contributed by atoms with Gasteiger partial charge in [0.2, 0.25) is 0 Å². The first-order valence-electron chi connectivity index (χ1n) is 7.32. The number of β-amino-alcohol motifs (C(OH)–C–C–N with tert-alkyl or cyclic N) is 1. The summed E-state index contributed by atoms with van der Waals surface area (Å²) in [7, 11) is 0. The second kappa shape index (κ2) is 7.64. The minimum atomic E-state index is -1.07. The van der Waals surface area contributed by atoms with Crippen LogP contribution in [0.5, 0.6) is 11.5 Å². The highest BCUT2D eigenvalue weighted by Crippen LogP contribution is 2.42. The zero-order chi connectivity index (χ0) is 16.8. The molecule has 2 N–H and O–H groups in total. The molecule has 0 radical (unpaired) electrons. The third-order valence-electron chi connectivity index (χ3n) is 3.19. The third-order valence-corrected chi connectivity index (χ3v) is 3.19. The molecule has 7 nitrogen and oxygen atoms in total. The van der Waals surface area contributed by atoms with Gasteiger partial charge in [-0.25, -0.2) is 4.79 Å². The Kier molecular flexibility index (Phi) is 5.59. The van der Waals surface area contributed by atoms with E-state index < -0.39 is 5.97 Å². The molecule has 0 aromatic heterocycles. The van der Waals surface area contributed by atoms with Crippen molar-refractivity contribution >= 4 is 23.6 Å². The lowest BCUT2D eigenvalue weighted by Crippen LogP contribution is -2.40. The third kappa shape index (κ3) is 4.01. The quantitative estimate of drug-likeness (QED) is 0.735. The molecule has 0 saturated carbocycles. The molecular formula is C16H19NO6.